The van der Waals surface area contributed by atoms with Gasteiger partial charge < -0.3 is 10.2 Å². The number of aryl methyl sites for hydroxylation is 2. The fourth-order valence-corrected chi connectivity index (χ4v) is 1.54. The first-order valence-electron chi connectivity index (χ1n) is 5.12. The quantitative estimate of drug-likeness (QED) is 0.683. The molecule has 0 radical (unpaired) electrons. The molecule has 5 nitrogen and oxygen atoms in total. The molecule has 0 bridgehead atoms. The van der Waals surface area contributed by atoms with Crippen LogP contribution in [0.1, 0.15) is 11.4 Å². The van der Waals surface area contributed by atoms with Gasteiger partial charge >= 0.3 is 0 Å². The monoisotopic (exact) mass is 213 g/mol. The summed E-state index contributed by atoms with van der Waals surface area (Å²) in [4.78, 5) is 1.96. The Balaban J connectivity index is 2.60. The summed E-state index contributed by atoms with van der Waals surface area (Å²) in [6.07, 6.45) is 0. The van der Waals surface area contributed by atoms with Gasteiger partial charge in [0.2, 0.25) is 0 Å². The number of nitrogens with zero attached hydrogens (tertiary/aromatic N) is 3. The van der Waals surface area contributed by atoms with Gasteiger partial charge in [-0.15, -0.1) is 0 Å². The maximum absolute atomic E-state index is 8.86. The van der Waals surface area contributed by atoms with Gasteiger partial charge in [-0.3, -0.25) is 9.58 Å². The van der Waals surface area contributed by atoms with Crippen LogP contribution in [0.3, 0.4) is 0 Å². The van der Waals surface area contributed by atoms with Crippen molar-refractivity contribution in [3.8, 4) is 0 Å². The molecule has 0 saturated carbocycles. The van der Waals surface area contributed by atoms with Crippen LogP contribution in [-0.4, -0.2) is 51.2 Å². The van der Waals surface area contributed by atoms with E-state index >= 15 is 0 Å². The molecule has 1 rings (SSSR count). The van der Waals surface area contributed by atoms with E-state index in [0.29, 0.717) is 19.8 Å². The smallest absolute Gasteiger partial charge is 0.0933 e. The SMILES string of the molecule is Cc1cc(C)n(CN(CCO)CCO)n1. The molecule has 0 atom stereocenters. The van der Waals surface area contributed by atoms with E-state index in [0.717, 1.165) is 11.4 Å². The van der Waals surface area contributed by atoms with E-state index in [4.69, 9.17) is 10.2 Å². The van der Waals surface area contributed by atoms with Gasteiger partial charge in [-0.05, 0) is 19.9 Å². The van der Waals surface area contributed by atoms with Crippen LogP contribution >= 0.6 is 0 Å². The number of aliphatic hydroxyl groups excluding tert-OH is 2. The molecule has 0 spiro atoms. The van der Waals surface area contributed by atoms with Crippen LogP contribution in [0.15, 0.2) is 6.07 Å². The van der Waals surface area contributed by atoms with E-state index in [-0.39, 0.29) is 13.2 Å². The van der Waals surface area contributed by atoms with Gasteiger partial charge in [-0.25, -0.2) is 0 Å². The number of hydrogen-bond acceptors (Lipinski definition) is 4. The number of hydrogen-bond donors (Lipinski definition) is 2. The Hall–Kier alpha value is -0.910. The minimum absolute atomic E-state index is 0.0965. The van der Waals surface area contributed by atoms with Crippen molar-refractivity contribution in [2.75, 3.05) is 26.3 Å². The summed E-state index contributed by atoms with van der Waals surface area (Å²) in [6, 6.07) is 2.01. The molecule has 86 valence electrons. The molecule has 0 fully saturated rings. The van der Waals surface area contributed by atoms with Crippen molar-refractivity contribution in [1.82, 2.24) is 14.7 Å². The molecular formula is C10H19N3O2. The van der Waals surface area contributed by atoms with Crippen LogP contribution in [0.4, 0.5) is 0 Å². The second kappa shape index (κ2) is 5.85. The summed E-state index contributed by atoms with van der Waals surface area (Å²) >= 11 is 0. The van der Waals surface area contributed by atoms with Crippen LogP contribution < -0.4 is 0 Å². The first-order chi connectivity index (χ1) is 7.17. The molecule has 0 aliphatic heterocycles. The molecule has 0 amide bonds. The van der Waals surface area contributed by atoms with Gasteiger partial charge in [0, 0.05) is 18.8 Å². The van der Waals surface area contributed by atoms with Gasteiger partial charge in [-0.2, -0.15) is 5.10 Å². The molecule has 0 aliphatic rings. The van der Waals surface area contributed by atoms with Crippen LogP contribution in [0.25, 0.3) is 0 Å². The average Bonchev–Trinajstić information content (AvgIpc) is 2.46. The molecule has 1 aromatic rings. The first-order valence-corrected chi connectivity index (χ1v) is 5.12. The summed E-state index contributed by atoms with van der Waals surface area (Å²) in [5, 5.41) is 22.1. The Bertz CT molecular complexity index is 293. The molecule has 1 heterocycles. The van der Waals surface area contributed by atoms with Crippen molar-refractivity contribution in [2.24, 2.45) is 0 Å². The third kappa shape index (κ3) is 3.62. The van der Waals surface area contributed by atoms with Crippen LogP contribution in [0, 0.1) is 13.8 Å². The van der Waals surface area contributed by atoms with E-state index in [1.54, 1.807) is 0 Å². The van der Waals surface area contributed by atoms with Gasteiger partial charge in [-0.1, -0.05) is 0 Å². The lowest BCUT2D eigenvalue weighted by Crippen LogP contribution is -2.32. The second-order valence-electron chi connectivity index (χ2n) is 3.63. The third-order valence-electron chi connectivity index (χ3n) is 2.27. The molecular weight excluding hydrogens is 194 g/mol. The largest absolute Gasteiger partial charge is 0.395 e. The Morgan fingerprint density at radius 3 is 2.27 bits per heavy atom. The van der Waals surface area contributed by atoms with Gasteiger partial charge in [0.25, 0.3) is 0 Å². The Kier molecular flexibility index (Phi) is 4.74. The fraction of sp³-hybridized carbons (Fsp3) is 0.700. The Morgan fingerprint density at radius 2 is 1.87 bits per heavy atom. The maximum Gasteiger partial charge on any atom is 0.0933 e. The van der Waals surface area contributed by atoms with Crippen LogP contribution in [0.5, 0.6) is 0 Å². The van der Waals surface area contributed by atoms with Crippen molar-refractivity contribution < 1.29 is 10.2 Å². The number of rotatable bonds is 6. The lowest BCUT2D eigenvalue weighted by Gasteiger charge is -2.20. The molecule has 0 aliphatic carbocycles. The van der Waals surface area contributed by atoms with E-state index < -0.39 is 0 Å². The highest BCUT2D eigenvalue weighted by molar-refractivity contribution is 5.06. The normalized spacial score (nSPS) is 11.3. The summed E-state index contributed by atoms with van der Waals surface area (Å²) in [6.45, 7) is 5.86. The second-order valence-corrected chi connectivity index (χ2v) is 3.63. The van der Waals surface area contributed by atoms with Crippen molar-refractivity contribution >= 4 is 0 Å². The van der Waals surface area contributed by atoms with Crippen molar-refractivity contribution in [3.05, 3.63) is 17.5 Å². The molecule has 0 saturated heterocycles. The van der Waals surface area contributed by atoms with E-state index in [1.807, 2.05) is 29.5 Å². The zero-order chi connectivity index (χ0) is 11.3. The predicted molar refractivity (Wildman–Crippen MR) is 57.4 cm³/mol. The van der Waals surface area contributed by atoms with Gasteiger partial charge in [0.05, 0.1) is 25.6 Å². The van der Waals surface area contributed by atoms with E-state index in [9.17, 15) is 0 Å². The molecule has 0 aromatic carbocycles. The highest BCUT2D eigenvalue weighted by Gasteiger charge is 2.07. The Morgan fingerprint density at radius 1 is 1.27 bits per heavy atom. The van der Waals surface area contributed by atoms with Crippen LogP contribution in [0.2, 0.25) is 0 Å². The minimum Gasteiger partial charge on any atom is -0.395 e. The fourth-order valence-electron chi connectivity index (χ4n) is 1.54. The van der Waals surface area contributed by atoms with Crippen LogP contribution in [-0.2, 0) is 6.67 Å². The van der Waals surface area contributed by atoms with Crippen molar-refractivity contribution in [3.63, 3.8) is 0 Å². The average molecular weight is 213 g/mol. The summed E-state index contributed by atoms with van der Waals surface area (Å²) in [5.41, 5.74) is 2.08. The highest BCUT2D eigenvalue weighted by Crippen LogP contribution is 2.03. The van der Waals surface area contributed by atoms with E-state index in [1.165, 1.54) is 0 Å². The van der Waals surface area contributed by atoms with Gasteiger partial charge in [0.15, 0.2) is 0 Å². The zero-order valence-corrected chi connectivity index (χ0v) is 9.35. The predicted octanol–water partition coefficient (Wildman–Crippen LogP) is -0.256. The van der Waals surface area contributed by atoms with Gasteiger partial charge in [0.1, 0.15) is 0 Å². The highest BCUT2D eigenvalue weighted by atomic mass is 16.3. The minimum atomic E-state index is 0.0965. The standard InChI is InChI=1S/C10H19N3O2/c1-9-7-10(2)13(11-9)8-12(3-5-14)4-6-15/h7,14-15H,3-6,8H2,1-2H3. The summed E-state index contributed by atoms with van der Waals surface area (Å²) in [5.74, 6) is 0. The molecule has 2 N–H and O–H groups in total. The van der Waals surface area contributed by atoms with E-state index in [2.05, 4.69) is 5.10 Å². The molecule has 0 unspecified atom stereocenters. The van der Waals surface area contributed by atoms with Crippen molar-refractivity contribution in [2.45, 2.75) is 20.5 Å². The summed E-state index contributed by atoms with van der Waals surface area (Å²) in [7, 11) is 0. The topological polar surface area (TPSA) is 61.5 Å². The number of aromatic nitrogens is 2. The third-order valence-corrected chi connectivity index (χ3v) is 2.27. The summed E-state index contributed by atoms with van der Waals surface area (Å²) < 4.78 is 1.88. The lowest BCUT2D eigenvalue weighted by atomic mass is 10.4. The molecule has 15 heavy (non-hydrogen) atoms. The maximum atomic E-state index is 8.86. The van der Waals surface area contributed by atoms with Crippen molar-refractivity contribution in [1.29, 1.82) is 0 Å². The Labute approximate surface area is 89.9 Å². The lowest BCUT2D eigenvalue weighted by molar-refractivity contribution is 0.128. The molecule has 1 aromatic heterocycles. The zero-order valence-electron chi connectivity index (χ0n) is 9.35. The molecule has 5 heteroatoms. The first kappa shape index (κ1) is 12.2. The number of aliphatic hydroxyl groups is 2.